The zero-order chi connectivity index (χ0) is 40.9. The van der Waals surface area contributed by atoms with Gasteiger partial charge in [0, 0.05) is 19.3 Å². The van der Waals surface area contributed by atoms with Gasteiger partial charge in [0.1, 0.15) is 19.8 Å². The van der Waals surface area contributed by atoms with Crippen LogP contribution in [0.25, 0.3) is 0 Å². The summed E-state index contributed by atoms with van der Waals surface area (Å²) in [7, 11) is 1.09. The number of phosphoric acid groups is 1. The number of hydrogen-bond donors (Lipinski definition) is 0. The fraction of sp³-hybridized carbons (Fsp3) is 0.705. The van der Waals surface area contributed by atoms with E-state index >= 15 is 0 Å². The Balaban J connectivity index is 4.49. The molecule has 0 radical (unpaired) electrons. The first-order valence-corrected chi connectivity index (χ1v) is 22.4. The number of likely N-dealkylation sites (N-methyl/N-ethyl adjacent to an activating group) is 1. The summed E-state index contributed by atoms with van der Waals surface area (Å²) in [6.45, 7) is 3.86. The predicted molar refractivity (Wildman–Crippen MR) is 222 cm³/mol. The standard InChI is InChI=1S/C44H76NO9P/c1-6-8-10-11-12-13-14-15-16-17-18-21-25-28-32-36-44(48)54-42(40-53-55(49,50)52-38-37-45(3,4)5)39-51-43(47)35-31-27-24-22-19-20-23-26-30-34-41(46)33-29-9-7-2/h8,10,12-13,15-16,23,26,30,34,42H,6-7,9,11,14,17-22,24-25,27-29,31-33,35-40H2,1-5H3/b10-8-,13-12-,16-15-,26-23-,34-30+/t42-/m1/s1. The minimum absolute atomic E-state index is 0.0516. The van der Waals surface area contributed by atoms with E-state index < -0.39 is 32.5 Å². The Kier molecular flexibility index (Phi) is 34.1. The van der Waals surface area contributed by atoms with Gasteiger partial charge in [0.05, 0.1) is 27.7 Å². The Morgan fingerprint density at radius 3 is 1.84 bits per heavy atom. The molecule has 0 saturated heterocycles. The summed E-state index contributed by atoms with van der Waals surface area (Å²) in [5.74, 6) is -0.748. The molecule has 0 aliphatic carbocycles. The summed E-state index contributed by atoms with van der Waals surface area (Å²) in [6.07, 6.45) is 38.0. The van der Waals surface area contributed by atoms with Crippen LogP contribution in [0.2, 0.25) is 0 Å². The van der Waals surface area contributed by atoms with E-state index in [4.69, 9.17) is 18.5 Å². The summed E-state index contributed by atoms with van der Waals surface area (Å²) in [4.78, 5) is 49.2. The first-order valence-electron chi connectivity index (χ1n) is 20.9. The van der Waals surface area contributed by atoms with Crippen molar-refractivity contribution in [3.8, 4) is 0 Å². The Labute approximate surface area is 334 Å². The van der Waals surface area contributed by atoms with Crippen LogP contribution >= 0.6 is 7.82 Å². The van der Waals surface area contributed by atoms with Crippen molar-refractivity contribution in [1.82, 2.24) is 0 Å². The molecular formula is C44H76NO9P. The fourth-order valence-corrected chi connectivity index (χ4v) is 5.91. The molecular weight excluding hydrogens is 717 g/mol. The second-order valence-electron chi connectivity index (χ2n) is 15.0. The van der Waals surface area contributed by atoms with Crippen molar-refractivity contribution in [3.63, 3.8) is 0 Å². The van der Waals surface area contributed by atoms with Gasteiger partial charge in [-0.1, -0.05) is 120 Å². The van der Waals surface area contributed by atoms with Crippen molar-refractivity contribution in [2.24, 2.45) is 0 Å². The number of allylic oxidation sites excluding steroid dienone is 10. The summed E-state index contributed by atoms with van der Waals surface area (Å²) in [6, 6.07) is 0. The van der Waals surface area contributed by atoms with E-state index in [0.717, 1.165) is 103 Å². The van der Waals surface area contributed by atoms with E-state index in [1.54, 1.807) is 6.08 Å². The molecule has 0 aromatic carbocycles. The number of nitrogens with zero attached hydrogens (tertiary/aromatic N) is 1. The van der Waals surface area contributed by atoms with E-state index in [1.165, 1.54) is 0 Å². The fourth-order valence-electron chi connectivity index (χ4n) is 5.18. The Hall–Kier alpha value is -2.62. The second kappa shape index (κ2) is 35.8. The molecule has 0 heterocycles. The number of carbonyl (C=O) groups excluding carboxylic acids is 3. The van der Waals surface area contributed by atoms with Crippen LogP contribution in [0.5, 0.6) is 0 Å². The average Bonchev–Trinajstić information content (AvgIpc) is 3.12. The van der Waals surface area contributed by atoms with Gasteiger partial charge in [-0.3, -0.25) is 18.9 Å². The van der Waals surface area contributed by atoms with Crippen molar-refractivity contribution in [2.45, 2.75) is 155 Å². The molecule has 1 unspecified atom stereocenters. The number of ether oxygens (including phenoxy) is 2. The van der Waals surface area contributed by atoms with Crippen LogP contribution in [0.3, 0.4) is 0 Å². The largest absolute Gasteiger partial charge is 0.756 e. The predicted octanol–water partition coefficient (Wildman–Crippen LogP) is 10.2. The third-order valence-corrected chi connectivity index (χ3v) is 9.46. The third-order valence-electron chi connectivity index (χ3n) is 8.50. The molecule has 0 fully saturated rings. The number of hydrogen-bond acceptors (Lipinski definition) is 9. The van der Waals surface area contributed by atoms with Crippen LogP contribution in [-0.2, 0) is 37.5 Å². The maximum Gasteiger partial charge on any atom is 0.306 e. The number of unbranched alkanes of at least 4 members (excludes halogenated alkanes) is 12. The Bertz CT molecular complexity index is 1190. The molecule has 0 aliphatic heterocycles. The van der Waals surface area contributed by atoms with E-state index in [2.05, 4.69) is 56.4 Å². The third kappa shape index (κ3) is 39.4. The first kappa shape index (κ1) is 52.4. The lowest BCUT2D eigenvalue weighted by atomic mass is 10.1. The summed E-state index contributed by atoms with van der Waals surface area (Å²) < 4.78 is 33.8. The lowest BCUT2D eigenvalue weighted by molar-refractivity contribution is -0.870. The molecule has 0 N–H and O–H groups in total. The molecule has 11 heteroatoms. The Morgan fingerprint density at radius 2 is 1.20 bits per heavy atom. The first-order chi connectivity index (χ1) is 26.4. The molecule has 2 atom stereocenters. The average molecular weight is 794 g/mol. The van der Waals surface area contributed by atoms with Gasteiger partial charge in [-0.15, -0.1) is 0 Å². The monoisotopic (exact) mass is 794 g/mol. The number of carbonyl (C=O) groups is 3. The molecule has 10 nitrogen and oxygen atoms in total. The molecule has 0 bridgehead atoms. The number of phosphoric ester groups is 1. The van der Waals surface area contributed by atoms with Gasteiger partial charge < -0.3 is 27.9 Å². The Morgan fingerprint density at radius 1 is 0.636 bits per heavy atom. The van der Waals surface area contributed by atoms with Gasteiger partial charge in [0.2, 0.25) is 0 Å². The topological polar surface area (TPSA) is 128 Å². The summed E-state index contributed by atoms with van der Waals surface area (Å²) >= 11 is 0. The van der Waals surface area contributed by atoms with Crippen LogP contribution in [0.4, 0.5) is 0 Å². The quantitative estimate of drug-likeness (QED) is 0.0115. The van der Waals surface area contributed by atoms with Crippen molar-refractivity contribution in [2.75, 3.05) is 47.5 Å². The van der Waals surface area contributed by atoms with E-state index in [9.17, 15) is 23.8 Å². The molecule has 0 aromatic rings. The summed E-state index contributed by atoms with van der Waals surface area (Å²) in [5, 5.41) is 0. The van der Waals surface area contributed by atoms with Crippen LogP contribution in [-0.4, -0.2) is 75.8 Å². The lowest BCUT2D eigenvalue weighted by Gasteiger charge is -2.28. The normalized spacial score (nSPS) is 14.1. The van der Waals surface area contributed by atoms with Crippen LogP contribution in [0.15, 0.2) is 60.8 Å². The zero-order valence-electron chi connectivity index (χ0n) is 35.1. The van der Waals surface area contributed by atoms with Gasteiger partial charge in [-0.2, -0.15) is 0 Å². The van der Waals surface area contributed by atoms with E-state index in [-0.39, 0.29) is 31.8 Å². The highest BCUT2D eigenvalue weighted by Gasteiger charge is 2.21. The van der Waals surface area contributed by atoms with Crippen molar-refractivity contribution >= 4 is 25.5 Å². The van der Waals surface area contributed by atoms with Crippen molar-refractivity contribution in [1.29, 1.82) is 0 Å². The highest BCUT2D eigenvalue weighted by molar-refractivity contribution is 7.45. The van der Waals surface area contributed by atoms with Crippen LogP contribution in [0, 0.1) is 0 Å². The maximum atomic E-state index is 12.6. The second-order valence-corrected chi connectivity index (χ2v) is 16.4. The molecule has 0 spiro atoms. The lowest BCUT2D eigenvalue weighted by Crippen LogP contribution is -2.37. The van der Waals surface area contributed by atoms with Gasteiger partial charge in [0.25, 0.3) is 7.82 Å². The molecule has 0 rings (SSSR count). The molecule has 316 valence electrons. The molecule has 0 aromatic heterocycles. The van der Waals surface area contributed by atoms with E-state index in [1.807, 2.05) is 33.3 Å². The molecule has 0 saturated carbocycles. The molecule has 0 amide bonds. The van der Waals surface area contributed by atoms with Gasteiger partial charge in [0.15, 0.2) is 11.9 Å². The van der Waals surface area contributed by atoms with Crippen LogP contribution in [0.1, 0.15) is 149 Å². The highest BCUT2D eigenvalue weighted by Crippen LogP contribution is 2.38. The van der Waals surface area contributed by atoms with Crippen molar-refractivity contribution in [3.05, 3.63) is 60.8 Å². The van der Waals surface area contributed by atoms with Crippen molar-refractivity contribution < 1.29 is 46.8 Å². The van der Waals surface area contributed by atoms with Gasteiger partial charge in [-0.05, 0) is 70.3 Å². The number of ketones is 1. The highest BCUT2D eigenvalue weighted by atomic mass is 31.2. The summed E-state index contributed by atoms with van der Waals surface area (Å²) in [5.41, 5.74) is 0. The van der Waals surface area contributed by atoms with Gasteiger partial charge in [-0.25, -0.2) is 0 Å². The maximum absolute atomic E-state index is 12.6. The van der Waals surface area contributed by atoms with Gasteiger partial charge >= 0.3 is 11.9 Å². The minimum atomic E-state index is -4.65. The smallest absolute Gasteiger partial charge is 0.306 e. The SMILES string of the molecule is CC/C=C\C/C=C\C/C=C\CCCCCCCC(=O)O[C@H](COC(=O)CCCCCCC/C=C\C=C\C(=O)CCCCC)COP(=O)([O-])OCC[N+](C)(C)C. The van der Waals surface area contributed by atoms with E-state index in [0.29, 0.717) is 30.3 Å². The molecule has 55 heavy (non-hydrogen) atoms. The number of rotatable bonds is 37. The number of quaternary nitrogens is 1. The minimum Gasteiger partial charge on any atom is -0.756 e. The molecule has 0 aliphatic rings. The van der Waals surface area contributed by atoms with Crippen LogP contribution < -0.4 is 4.89 Å². The zero-order valence-corrected chi connectivity index (χ0v) is 36.0. The number of esters is 2.